The highest BCUT2D eigenvalue weighted by molar-refractivity contribution is 5.26. The number of nitrogens with zero attached hydrogens (tertiary/aromatic N) is 1. The van der Waals surface area contributed by atoms with E-state index in [2.05, 4.69) is 4.98 Å². The molecule has 1 saturated carbocycles. The van der Waals surface area contributed by atoms with Gasteiger partial charge in [-0.2, -0.15) is 0 Å². The third-order valence-corrected chi connectivity index (χ3v) is 2.69. The van der Waals surface area contributed by atoms with Gasteiger partial charge in [-0.3, -0.25) is 0 Å². The molecule has 1 fully saturated rings. The average Bonchev–Trinajstić information content (AvgIpc) is 2.73. The van der Waals surface area contributed by atoms with E-state index in [1.165, 1.54) is 25.1 Å². The number of rotatable bonds is 3. The maximum Gasteiger partial charge on any atom is 0.218 e. The SMILES string of the molecule is NCc1cc(F)cnc1OC1CCCC1. The minimum Gasteiger partial charge on any atom is -0.474 e. The van der Waals surface area contributed by atoms with Crippen molar-refractivity contribution in [3.05, 3.63) is 23.6 Å². The van der Waals surface area contributed by atoms with Crippen molar-refractivity contribution in [2.45, 2.75) is 38.3 Å². The monoisotopic (exact) mass is 210 g/mol. The van der Waals surface area contributed by atoms with Gasteiger partial charge >= 0.3 is 0 Å². The number of pyridine rings is 1. The zero-order valence-electron chi connectivity index (χ0n) is 8.58. The molecule has 3 nitrogen and oxygen atoms in total. The summed E-state index contributed by atoms with van der Waals surface area (Å²) in [6.07, 6.45) is 5.91. The molecule has 0 aliphatic heterocycles. The van der Waals surface area contributed by atoms with Gasteiger partial charge in [-0.1, -0.05) is 0 Å². The molecule has 0 spiro atoms. The fourth-order valence-corrected chi connectivity index (χ4v) is 1.89. The minimum absolute atomic E-state index is 0.230. The van der Waals surface area contributed by atoms with Crippen molar-refractivity contribution in [1.29, 1.82) is 0 Å². The Morgan fingerprint density at radius 3 is 2.87 bits per heavy atom. The van der Waals surface area contributed by atoms with Crippen LogP contribution in [0.3, 0.4) is 0 Å². The summed E-state index contributed by atoms with van der Waals surface area (Å²) >= 11 is 0. The molecule has 1 aliphatic carbocycles. The molecular weight excluding hydrogens is 195 g/mol. The van der Waals surface area contributed by atoms with Gasteiger partial charge in [-0.05, 0) is 31.7 Å². The molecule has 1 aromatic heterocycles. The Hall–Kier alpha value is -1.16. The van der Waals surface area contributed by atoms with Crippen LogP contribution in [0.1, 0.15) is 31.2 Å². The van der Waals surface area contributed by atoms with E-state index in [0.717, 1.165) is 12.8 Å². The van der Waals surface area contributed by atoms with Gasteiger partial charge in [0, 0.05) is 12.1 Å². The second kappa shape index (κ2) is 4.57. The molecule has 1 aromatic rings. The van der Waals surface area contributed by atoms with Crippen LogP contribution in [-0.2, 0) is 6.54 Å². The Labute approximate surface area is 88.5 Å². The first-order valence-electron chi connectivity index (χ1n) is 5.30. The summed E-state index contributed by atoms with van der Waals surface area (Å²) in [6.45, 7) is 0.257. The molecule has 1 heterocycles. The van der Waals surface area contributed by atoms with E-state index in [0.29, 0.717) is 11.4 Å². The smallest absolute Gasteiger partial charge is 0.218 e. The van der Waals surface area contributed by atoms with Gasteiger partial charge in [-0.15, -0.1) is 0 Å². The molecule has 0 amide bonds. The molecule has 0 bridgehead atoms. The molecule has 1 aliphatic rings. The summed E-state index contributed by atoms with van der Waals surface area (Å²) in [6, 6.07) is 1.39. The van der Waals surface area contributed by atoms with Gasteiger partial charge in [0.1, 0.15) is 11.9 Å². The Morgan fingerprint density at radius 2 is 2.20 bits per heavy atom. The van der Waals surface area contributed by atoms with Gasteiger partial charge in [0.15, 0.2) is 0 Å². The maximum atomic E-state index is 12.9. The van der Waals surface area contributed by atoms with Crippen LogP contribution < -0.4 is 10.5 Å². The lowest BCUT2D eigenvalue weighted by atomic mass is 10.2. The van der Waals surface area contributed by atoms with E-state index in [1.807, 2.05) is 0 Å². The number of hydrogen-bond acceptors (Lipinski definition) is 3. The molecule has 0 atom stereocenters. The highest BCUT2D eigenvalue weighted by Crippen LogP contribution is 2.25. The highest BCUT2D eigenvalue weighted by atomic mass is 19.1. The lowest BCUT2D eigenvalue weighted by Crippen LogP contribution is -2.14. The van der Waals surface area contributed by atoms with Crippen LogP contribution in [0.25, 0.3) is 0 Å². The Bertz CT molecular complexity index is 337. The van der Waals surface area contributed by atoms with Gasteiger partial charge in [0.2, 0.25) is 5.88 Å². The van der Waals surface area contributed by atoms with Crippen molar-refractivity contribution in [2.75, 3.05) is 0 Å². The number of halogens is 1. The first kappa shape index (κ1) is 10.4. The van der Waals surface area contributed by atoms with Crippen molar-refractivity contribution in [2.24, 2.45) is 5.73 Å². The molecule has 0 unspecified atom stereocenters. The number of aromatic nitrogens is 1. The Kier molecular flexibility index (Phi) is 3.16. The zero-order valence-corrected chi connectivity index (χ0v) is 8.58. The van der Waals surface area contributed by atoms with Crippen molar-refractivity contribution >= 4 is 0 Å². The first-order valence-corrected chi connectivity index (χ1v) is 5.30. The van der Waals surface area contributed by atoms with Crippen LogP contribution in [0.2, 0.25) is 0 Å². The van der Waals surface area contributed by atoms with Crippen LogP contribution in [0, 0.1) is 5.82 Å². The van der Waals surface area contributed by atoms with E-state index >= 15 is 0 Å². The highest BCUT2D eigenvalue weighted by Gasteiger charge is 2.18. The summed E-state index contributed by atoms with van der Waals surface area (Å²) in [5.41, 5.74) is 6.15. The summed E-state index contributed by atoms with van der Waals surface area (Å²) in [7, 11) is 0. The van der Waals surface area contributed by atoms with Crippen LogP contribution in [0.4, 0.5) is 4.39 Å². The lowest BCUT2D eigenvalue weighted by Gasteiger charge is -2.14. The second-order valence-electron chi connectivity index (χ2n) is 3.85. The predicted octanol–water partition coefficient (Wildman–Crippen LogP) is 2.00. The molecule has 82 valence electrons. The molecule has 4 heteroatoms. The number of nitrogens with two attached hydrogens (primary N) is 1. The molecule has 15 heavy (non-hydrogen) atoms. The van der Waals surface area contributed by atoms with Crippen molar-refractivity contribution in [3.8, 4) is 5.88 Å². The quantitative estimate of drug-likeness (QED) is 0.830. The van der Waals surface area contributed by atoms with E-state index in [9.17, 15) is 4.39 Å². The molecule has 2 N–H and O–H groups in total. The third kappa shape index (κ3) is 2.45. The summed E-state index contributed by atoms with van der Waals surface area (Å²) in [5, 5.41) is 0. The standard InChI is InChI=1S/C11H15FN2O/c12-9-5-8(6-13)11(14-7-9)15-10-3-1-2-4-10/h5,7,10H,1-4,6,13H2. The fourth-order valence-electron chi connectivity index (χ4n) is 1.89. The van der Waals surface area contributed by atoms with Gasteiger partial charge < -0.3 is 10.5 Å². The largest absolute Gasteiger partial charge is 0.474 e. The molecule has 0 aromatic carbocycles. The minimum atomic E-state index is -0.366. The maximum absolute atomic E-state index is 12.9. The summed E-state index contributed by atoms with van der Waals surface area (Å²) in [5.74, 6) is 0.125. The van der Waals surface area contributed by atoms with Crippen LogP contribution in [0.15, 0.2) is 12.3 Å². The molecule has 0 radical (unpaired) electrons. The van der Waals surface area contributed by atoms with Gasteiger partial charge in [0.05, 0.1) is 6.20 Å². The van der Waals surface area contributed by atoms with E-state index < -0.39 is 0 Å². The van der Waals surface area contributed by atoms with Crippen LogP contribution in [-0.4, -0.2) is 11.1 Å². The van der Waals surface area contributed by atoms with Crippen LogP contribution in [0.5, 0.6) is 5.88 Å². The predicted molar refractivity (Wildman–Crippen MR) is 55.0 cm³/mol. The van der Waals surface area contributed by atoms with E-state index in [4.69, 9.17) is 10.5 Å². The Balaban J connectivity index is 2.12. The van der Waals surface area contributed by atoms with Crippen LogP contribution >= 0.6 is 0 Å². The average molecular weight is 210 g/mol. The third-order valence-electron chi connectivity index (χ3n) is 2.69. The van der Waals surface area contributed by atoms with E-state index in [1.54, 1.807) is 0 Å². The Morgan fingerprint density at radius 1 is 1.47 bits per heavy atom. The van der Waals surface area contributed by atoms with Gasteiger partial charge in [-0.25, -0.2) is 9.37 Å². The van der Waals surface area contributed by atoms with E-state index in [-0.39, 0.29) is 18.5 Å². The topological polar surface area (TPSA) is 48.1 Å². The van der Waals surface area contributed by atoms with Crippen molar-refractivity contribution in [3.63, 3.8) is 0 Å². The molecule has 0 saturated heterocycles. The molecular formula is C11H15FN2O. The zero-order chi connectivity index (χ0) is 10.7. The summed E-state index contributed by atoms with van der Waals surface area (Å²) in [4.78, 5) is 3.94. The van der Waals surface area contributed by atoms with Crippen molar-refractivity contribution < 1.29 is 9.13 Å². The fraction of sp³-hybridized carbons (Fsp3) is 0.545. The molecule has 2 rings (SSSR count). The lowest BCUT2D eigenvalue weighted by molar-refractivity contribution is 0.199. The first-order chi connectivity index (χ1) is 7.29. The normalized spacial score (nSPS) is 16.9. The number of hydrogen-bond donors (Lipinski definition) is 1. The van der Waals surface area contributed by atoms with Gasteiger partial charge in [0.25, 0.3) is 0 Å². The second-order valence-corrected chi connectivity index (χ2v) is 3.85. The number of ether oxygens (including phenoxy) is 1. The summed E-state index contributed by atoms with van der Waals surface area (Å²) < 4.78 is 18.6. The van der Waals surface area contributed by atoms with Crippen molar-refractivity contribution in [1.82, 2.24) is 4.98 Å².